The zero-order valence-corrected chi connectivity index (χ0v) is 13.6. The van der Waals surface area contributed by atoms with Crippen molar-refractivity contribution in [1.29, 1.82) is 0 Å². The van der Waals surface area contributed by atoms with Crippen LogP contribution in [0.3, 0.4) is 0 Å². The van der Waals surface area contributed by atoms with Crippen LogP contribution in [0.25, 0.3) is 0 Å². The first kappa shape index (κ1) is 15.0. The Kier molecular flexibility index (Phi) is 3.63. The van der Waals surface area contributed by atoms with E-state index in [4.69, 9.17) is 0 Å². The van der Waals surface area contributed by atoms with E-state index in [1.54, 1.807) is 6.20 Å². The number of aromatic nitrogens is 2. The molecule has 1 heterocycles. The number of nitrogens with one attached hydrogen (secondary N) is 1. The smallest absolute Gasteiger partial charge is 0.229 e. The number of hydrogen-bond donors (Lipinski definition) is 1. The van der Waals surface area contributed by atoms with Gasteiger partial charge in [-0.25, -0.2) is 9.97 Å². The first-order chi connectivity index (χ1) is 11.6. The minimum atomic E-state index is -0.0211. The number of Topliss-reactive ketones (excluding diaryl/α,β-unsaturated/α-hetero) is 1. The molecule has 1 amide bonds. The molecule has 1 N–H and O–H groups in total. The van der Waals surface area contributed by atoms with E-state index in [1.165, 1.54) is 5.56 Å². The number of hydrogen-bond acceptors (Lipinski definition) is 4. The van der Waals surface area contributed by atoms with Crippen LogP contribution in [0.4, 0.5) is 5.95 Å². The number of rotatable bonds is 3. The van der Waals surface area contributed by atoms with Crippen molar-refractivity contribution in [2.45, 2.75) is 38.5 Å². The Hall–Kier alpha value is -2.56. The van der Waals surface area contributed by atoms with Crippen molar-refractivity contribution in [2.75, 3.05) is 5.32 Å². The largest absolute Gasteiger partial charge is 0.294 e. The maximum Gasteiger partial charge on any atom is 0.229 e. The van der Waals surface area contributed by atoms with Crippen LogP contribution in [0.2, 0.25) is 0 Å². The summed E-state index contributed by atoms with van der Waals surface area (Å²) in [6.45, 7) is 2.05. The fraction of sp³-hybridized carbons (Fsp3) is 0.368. The van der Waals surface area contributed by atoms with Crippen LogP contribution < -0.4 is 5.32 Å². The fourth-order valence-corrected chi connectivity index (χ4v) is 3.14. The van der Waals surface area contributed by atoms with Gasteiger partial charge >= 0.3 is 0 Å². The zero-order valence-electron chi connectivity index (χ0n) is 13.6. The van der Waals surface area contributed by atoms with Gasteiger partial charge in [-0.3, -0.25) is 14.9 Å². The van der Waals surface area contributed by atoms with E-state index in [-0.39, 0.29) is 23.5 Å². The summed E-state index contributed by atoms with van der Waals surface area (Å²) in [5, 5.41) is 2.76. The van der Waals surface area contributed by atoms with Gasteiger partial charge in [-0.2, -0.15) is 0 Å². The summed E-state index contributed by atoms with van der Waals surface area (Å²) in [6, 6.07) is 8.29. The number of benzene rings is 1. The fourth-order valence-electron chi connectivity index (χ4n) is 3.14. The molecule has 5 heteroatoms. The molecule has 1 aromatic heterocycles. The van der Waals surface area contributed by atoms with Gasteiger partial charge in [-0.15, -0.1) is 0 Å². The lowest BCUT2D eigenvalue weighted by Gasteiger charge is -2.23. The molecule has 1 saturated carbocycles. The van der Waals surface area contributed by atoms with E-state index in [9.17, 15) is 9.59 Å². The lowest BCUT2D eigenvalue weighted by atomic mass is 9.82. The van der Waals surface area contributed by atoms with Crippen LogP contribution >= 0.6 is 0 Å². The first-order valence-corrected chi connectivity index (χ1v) is 8.36. The molecule has 1 unspecified atom stereocenters. The molecule has 1 atom stereocenters. The van der Waals surface area contributed by atoms with Crippen molar-refractivity contribution in [2.24, 2.45) is 5.92 Å². The van der Waals surface area contributed by atoms with E-state index in [0.717, 1.165) is 24.1 Å². The maximum absolute atomic E-state index is 12.4. The first-order valence-electron chi connectivity index (χ1n) is 8.36. The minimum absolute atomic E-state index is 0.0211. The number of amides is 1. The predicted molar refractivity (Wildman–Crippen MR) is 90.0 cm³/mol. The average molecular weight is 321 g/mol. The lowest BCUT2D eigenvalue weighted by molar-refractivity contribution is -0.117. The summed E-state index contributed by atoms with van der Waals surface area (Å²) in [5.74, 6) is 0.594. The van der Waals surface area contributed by atoms with E-state index >= 15 is 0 Å². The van der Waals surface area contributed by atoms with E-state index < -0.39 is 0 Å². The van der Waals surface area contributed by atoms with Gasteiger partial charge in [0.25, 0.3) is 0 Å². The van der Waals surface area contributed by atoms with E-state index in [2.05, 4.69) is 39.6 Å². The normalized spacial score (nSPS) is 19.7. The van der Waals surface area contributed by atoms with Gasteiger partial charge in [0.05, 0.1) is 11.3 Å². The van der Waals surface area contributed by atoms with Crippen molar-refractivity contribution < 1.29 is 9.59 Å². The van der Waals surface area contributed by atoms with Crippen molar-refractivity contribution >= 4 is 17.6 Å². The van der Waals surface area contributed by atoms with E-state index in [0.29, 0.717) is 24.4 Å². The third-order valence-electron chi connectivity index (χ3n) is 4.77. The topological polar surface area (TPSA) is 72.0 Å². The van der Waals surface area contributed by atoms with Gasteiger partial charge in [-0.1, -0.05) is 29.8 Å². The SMILES string of the molecule is Cc1ccc(C2CC(=O)c3cnc(NC(=O)C4CC4)nc3C2)cc1. The number of fused-ring (bicyclic) bond motifs is 1. The van der Waals surface area contributed by atoms with Crippen LogP contribution in [0.15, 0.2) is 30.5 Å². The molecule has 2 aliphatic carbocycles. The molecule has 0 saturated heterocycles. The molecule has 0 radical (unpaired) electrons. The number of aryl methyl sites for hydroxylation is 1. The molecule has 0 bridgehead atoms. The summed E-state index contributed by atoms with van der Waals surface area (Å²) in [6.07, 6.45) is 4.60. The van der Waals surface area contributed by atoms with Crippen LogP contribution in [0.1, 0.15) is 52.4 Å². The highest BCUT2D eigenvalue weighted by Gasteiger charge is 2.31. The number of anilines is 1. The molecule has 1 aromatic carbocycles. The highest BCUT2D eigenvalue weighted by atomic mass is 16.2. The Balaban J connectivity index is 1.58. The van der Waals surface area contributed by atoms with Crippen LogP contribution in [-0.2, 0) is 11.2 Å². The molecule has 5 nitrogen and oxygen atoms in total. The predicted octanol–water partition coefficient (Wildman–Crippen LogP) is 3.05. The van der Waals surface area contributed by atoms with Gasteiger partial charge in [0, 0.05) is 18.5 Å². The molecule has 2 aliphatic rings. The standard InChI is InChI=1S/C19H19N3O2/c1-11-2-4-12(5-3-11)14-8-16-15(17(23)9-14)10-20-19(21-16)22-18(24)13-6-7-13/h2-5,10,13-14H,6-9H2,1H3,(H,20,21,22,24). The molecular weight excluding hydrogens is 302 g/mol. The average Bonchev–Trinajstić information content (AvgIpc) is 3.40. The zero-order chi connectivity index (χ0) is 16.7. The van der Waals surface area contributed by atoms with Crippen molar-refractivity contribution in [3.8, 4) is 0 Å². The molecule has 2 aromatic rings. The molecule has 122 valence electrons. The molecule has 0 aliphatic heterocycles. The van der Waals surface area contributed by atoms with Crippen molar-refractivity contribution in [1.82, 2.24) is 9.97 Å². The van der Waals surface area contributed by atoms with Crippen molar-refractivity contribution in [3.05, 3.63) is 52.8 Å². The Labute approximate surface area is 140 Å². The summed E-state index contributed by atoms with van der Waals surface area (Å²) in [5.41, 5.74) is 3.68. The highest BCUT2D eigenvalue weighted by Crippen LogP contribution is 2.33. The Morgan fingerprint density at radius 2 is 1.92 bits per heavy atom. The maximum atomic E-state index is 12.4. The Morgan fingerprint density at radius 1 is 1.17 bits per heavy atom. The lowest BCUT2D eigenvalue weighted by Crippen LogP contribution is -2.22. The summed E-state index contributed by atoms with van der Waals surface area (Å²) in [7, 11) is 0. The number of nitrogens with zero attached hydrogens (tertiary/aromatic N) is 2. The van der Waals surface area contributed by atoms with Crippen LogP contribution in [0, 0.1) is 12.8 Å². The van der Waals surface area contributed by atoms with Gasteiger partial charge < -0.3 is 0 Å². The monoisotopic (exact) mass is 321 g/mol. The van der Waals surface area contributed by atoms with Gasteiger partial charge in [0.15, 0.2) is 5.78 Å². The molecule has 1 fully saturated rings. The summed E-state index contributed by atoms with van der Waals surface area (Å²) >= 11 is 0. The summed E-state index contributed by atoms with van der Waals surface area (Å²) < 4.78 is 0. The quantitative estimate of drug-likeness (QED) is 0.943. The van der Waals surface area contributed by atoms with Gasteiger partial charge in [-0.05, 0) is 37.7 Å². The summed E-state index contributed by atoms with van der Waals surface area (Å²) in [4.78, 5) is 32.9. The van der Waals surface area contributed by atoms with Crippen LogP contribution in [-0.4, -0.2) is 21.7 Å². The molecule has 4 rings (SSSR count). The highest BCUT2D eigenvalue weighted by molar-refractivity contribution is 5.99. The minimum Gasteiger partial charge on any atom is -0.294 e. The second-order valence-electron chi connectivity index (χ2n) is 6.76. The second kappa shape index (κ2) is 5.82. The van der Waals surface area contributed by atoms with E-state index in [1.807, 2.05) is 6.92 Å². The second-order valence-corrected chi connectivity index (χ2v) is 6.76. The van der Waals surface area contributed by atoms with Gasteiger partial charge in [0.1, 0.15) is 0 Å². The Bertz CT molecular complexity index is 810. The number of carbonyl (C=O) groups excluding carboxylic acids is 2. The number of ketones is 1. The van der Waals surface area contributed by atoms with Crippen molar-refractivity contribution in [3.63, 3.8) is 0 Å². The van der Waals surface area contributed by atoms with Crippen LogP contribution in [0.5, 0.6) is 0 Å². The molecule has 24 heavy (non-hydrogen) atoms. The number of carbonyl (C=O) groups is 2. The molecular formula is C19H19N3O2. The third kappa shape index (κ3) is 2.94. The van der Waals surface area contributed by atoms with Gasteiger partial charge in [0.2, 0.25) is 11.9 Å². The third-order valence-corrected chi connectivity index (χ3v) is 4.77. The Morgan fingerprint density at radius 3 is 2.62 bits per heavy atom. The molecule has 0 spiro atoms.